The second-order valence-corrected chi connectivity index (χ2v) is 18.6. The minimum atomic E-state index is -0.819. The van der Waals surface area contributed by atoms with E-state index in [0.717, 1.165) is 70.6 Å². The van der Waals surface area contributed by atoms with Gasteiger partial charge in [-0.05, 0) is 83.1 Å². The summed E-state index contributed by atoms with van der Waals surface area (Å²) in [6, 6.07) is -0.742. The Labute approximate surface area is 402 Å². The summed E-state index contributed by atoms with van der Waals surface area (Å²) in [5, 5.41) is 23.8. The number of aliphatic hydroxyl groups is 2. The van der Waals surface area contributed by atoms with Crippen molar-refractivity contribution in [2.45, 2.75) is 283 Å². The number of unbranched alkanes of at least 4 members (excludes halogenated alkanes) is 27. The van der Waals surface area contributed by atoms with Crippen molar-refractivity contribution in [2.24, 2.45) is 0 Å². The molecule has 0 bridgehead atoms. The van der Waals surface area contributed by atoms with E-state index in [1.165, 1.54) is 148 Å². The lowest BCUT2D eigenvalue weighted by Crippen LogP contribution is -2.46. The summed E-state index contributed by atoms with van der Waals surface area (Å²) in [6.07, 6.45) is 67.1. The standard InChI is InChI=1S/C59H105NO5/c1-4-7-10-13-16-19-22-24-26-28-29-30-32-34-37-40-43-46-49-52-59(64)65-55(50-47-44-41-38-35-21-18-15-12-9-6-3)53-58(63)60-56(54-61)57(62)51-48-45-42-39-36-33-31-27-25-23-20-17-14-11-8-5-2/h16,19,24,26,29-30,34,37-38,41,47,50,55-57,61-62H,4-15,17-18,20-23,25,27-28,31-33,35-36,39-40,42-46,48-49,51-54H2,1-3H3,(H,60,63)/b19-16-,26-24-,30-29-,37-34-,41-38-,50-47+. The molecule has 0 aliphatic heterocycles. The number of nitrogens with one attached hydrogen (secondary N) is 1. The van der Waals surface area contributed by atoms with Crippen LogP contribution in [-0.2, 0) is 14.3 Å². The van der Waals surface area contributed by atoms with Crippen molar-refractivity contribution >= 4 is 11.9 Å². The zero-order chi connectivity index (χ0) is 47.4. The Hall–Kier alpha value is -2.70. The van der Waals surface area contributed by atoms with E-state index in [1.807, 2.05) is 12.2 Å². The van der Waals surface area contributed by atoms with Crippen molar-refractivity contribution in [2.75, 3.05) is 6.61 Å². The summed E-state index contributed by atoms with van der Waals surface area (Å²) in [5.74, 6) is -0.638. The number of ether oxygens (including phenoxy) is 1. The van der Waals surface area contributed by atoms with Gasteiger partial charge in [0.15, 0.2) is 0 Å². The van der Waals surface area contributed by atoms with Crippen LogP contribution in [0.5, 0.6) is 0 Å². The van der Waals surface area contributed by atoms with Gasteiger partial charge in [-0.25, -0.2) is 0 Å². The van der Waals surface area contributed by atoms with Gasteiger partial charge in [-0.3, -0.25) is 9.59 Å². The average molecular weight is 908 g/mol. The number of allylic oxidation sites excluding steroid dienone is 11. The van der Waals surface area contributed by atoms with E-state index in [-0.39, 0.29) is 24.9 Å². The summed E-state index contributed by atoms with van der Waals surface area (Å²) in [5.41, 5.74) is 0. The fourth-order valence-electron chi connectivity index (χ4n) is 8.03. The Morgan fingerprint density at radius 3 is 1.26 bits per heavy atom. The molecule has 0 fully saturated rings. The number of hydrogen-bond donors (Lipinski definition) is 3. The maximum absolute atomic E-state index is 13.2. The van der Waals surface area contributed by atoms with Gasteiger partial charge in [-0.1, -0.05) is 242 Å². The van der Waals surface area contributed by atoms with Crippen LogP contribution < -0.4 is 5.32 Å². The highest BCUT2D eigenvalue weighted by molar-refractivity contribution is 5.78. The molecule has 0 spiro atoms. The van der Waals surface area contributed by atoms with Gasteiger partial charge in [0.1, 0.15) is 6.10 Å². The number of aliphatic hydroxyl groups excluding tert-OH is 2. The highest BCUT2D eigenvalue weighted by Crippen LogP contribution is 2.16. The van der Waals surface area contributed by atoms with Crippen LogP contribution in [-0.4, -0.2) is 46.9 Å². The number of carbonyl (C=O) groups excluding carboxylic acids is 2. The molecule has 0 aliphatic carbocycles. The number of esters is 1. The Bertz CT molecular complexity index is 1200. The van der Waals surface area contributed by atoms with Crippen LogP contribution in [0.2, 0.25) is 0 Å². The van der Waals surface area contributed by atoms with Crippen molar-refractivity contribution in [1.82, 2.24) is 5.32 Å². The molecule has 6 nitrogen and oxygen atoms in total. The Morgan fingerprint density at radius 1 is 0.462 bits per heavy atom. The monoisotopic (exact) mass is 908 g/mol. The molecule has 376 valence electrons. The predicted molar refractivity (Wildman–Crippen MR) is 282 cm³/mol. The zero-order valence-electron chi connectivity index (χ0n) is 42.9. The molecule has 0 aliphatic rings. The predicted octanol–water partition coefficient (Wildman–Crippen LogP) is 17.0. The van der Waals surface area contributed by atoms with E-state index in [4.69, 9.17) is 4.74 Å². The summed E-state index contributed by atoms with van der Waals surface area (Å²) in [7, 11) is 0. The Kier molecular flexibility index (Phi) is 50.1. The molecule has 1 amide bonds. The van der Waals surface area contributed by atoms with E-state index < -0.39 is 18.2 Å². The lowest BCUT2D eigenvalue weighted by Gasteiger charge is -2.23. The van der Waals surface area contributed by atoms with Crippen molar-refractivity contribution in [3.05, 3.63) is 72.9 Å². The third-order valence-electron chi connectivity index (χ3n) is 12.3. The van der Waals surface area contributed by atoms with Gasteiger partial charge >= 0.3 is 5.97 Å². The summed E-state index contributed by atoms with van der Waals surface area (Å²) in [6.45, 7) is 6.42. The van der Waals surface area contributed by atoms with E-state index in [1.54, 1.807) is 0 Å². The van der Waals surface area contributed by atoms with Gasteiger partial charge in [0.2, 0.25) is 5.91 Å². The first-order valence-corrected chi connectivity index (χ1v) is 27.7. The molecule has 0 heterocycles. The van der Waals surface area contributed by atoms with Gasteiger partial charge in [-0.15, -0.1) is 0 Å². The first-order chi connectivity index (χ1) is 32.0. The zero-order valence-corrected chi connectivity index (χ0v) is 42.9. The lowest BCUT2D eigenvalue weighted by atomic mass is 10.0. The van der Waals surface area contributed by atoms with Crippen molar-refractivity contribution in [3.63, 3.8) is 0 Å². The van der Waals surface area contributed by atoms with Crippen LogP contribution in [0.1, 0.15) is 265 Å². The second kappa shape index (κ2) is 52.3. The normalized spacial score (nSPS) is 13.7. The summed E-state index contributed by atoms with van der Waals surface area (Å²) in [4.78, 5) is 26.1. The molecule has 3 atom stereocenters. The van der Waals surface area contributed by atoms with Gasteiger partial charge < -0.3 is 20.3 Å². The molecule has 3 unspecified atom stereocenters. The van der Waals surface area contributed by atoms with Gasteiger partial charge in [-0.2, -0.15) is 0 Å². The number of carbonyl (C=O) groups is 2. The quantitative estimate of drug-likeness (QED) is 0.0321. The first-order valence-electron chi connectivity index (χ1n) is 27.7. The van der Waals surface area contributed by atoms with Crippen molar-refractivity contribution < 1.29 is 24.5 Å². The van der Waals surface area contributed by atoms with Crippen LogP contribution in [0.15, 0.2) is 72.9 Å². The fourth-order valence-corrected chi connectivity index (χ4v) is 8.03. The number of hydrogen-bond acceptors (Lipinski definition) is 5. The van der Waals surface area contributed by atoms with E-state index in [2.05, 4.69) is 86.8 Å². The van der Waals surface area contributed by atoms with E-state index in [0.29, 0.717) is 19.3 Å². The Morgan fingerprint density at radius 2 is 0.815 bits per heavy atom. The molecule has 3 N–H and O–H groups in total. The molecule has 6 heteroatoms. The van der Waals surface area contributed by atoms with Crippen molar-refractivity contribution in [3.8, 4) is 0 Å². The SMILES string of the molecule is CCCCC/C=C\C/C=C\C/C=C\C/C=C\CCCCCC(=O)OC(/C=C/C/C=C\CCCCCCCC)CC(=O)NC(CO)C(O)CCCCCCCCCCCCCCCCCC. The fraction of sp³-hybridized carbons (Fsp3) is 0.763. The number of amides is 1. The Balaban J connectivity index is 4.60. The van der Waals surface area contributed by atoms with Gasteiger partial charge in [0.05, 0.1) is 25.2 Å². The van der Waals surface area contributed by atoms with Crippen LogP contribution in [0.3, 0.4) is 0 Å². The molecular weight excluding hydrogens is 803 g/mol. The maximum Gasteiger partial charge on any atom is 0.306 e. The average Bonchev–Trinajstić information content (AvgIpc) is 3.30. The van der Waals surface area contributed by atoms with E-state index >= 15 is 0 Å². The molecular formula is C59H105NO5. The molecule has 65 heavy (non-hydrogen) atoms. The highest BCUT2D eigenvalue weighted by Gasteiger charge is 2.23. The molecule has 0 saturated heterocycles. The largest absolute Gasteiger partial charge is 0.458 e. The third-order valence-corrected chi connectivity index (χ3v) is 12.3. The second-order valence-electron chi connectivity index (χ2n) is 18.6. The molecule has 0 radical (unpaired) electrons. The molecule has 0 rings (SSSR count). The van der Waals surface area contributed by atoms with E-state index in [9.17, 15) is 19.8 Å². The van der Waals surface area contributed by atoms with Crippen molar-refractivity contribution in [1.29, 1.82) is 0 Å². The third kappa shape index (κ3) is 47.6. The van der Waals surface area contributed by atoms with Gasteiger partial charge in [0, 0.05) is 6.42 Å². The van der Waals surface area contributed by atoms with Crippen LogP contribution >= 0.6 is 0 Å². The summed E-state index contributed by atoms with van der Waals surface area (Å²) >= 11 is 0. The number of rotatable bonds is 49. The van der Waals surface area contributed by atoms with Crippen LogP contribution in [0, 0.1) is 0 Å². The lowest BCUT2D eigenvalue weighted by molar-refractivity contribution is -0.148. The molecule has 0 aromatic heterocycles. The smallest absolute Gasteiger partial charge is 0.306 e. The minimum absolute atomic E-state index is 0.0436. The molecule has 0 aromatic rings. The molecule has 0 saturated carbocycles. The maximum atomic E-state index is 13.2. The van der Waals surface area contributed by atoms with Crippen LogP contribution in [0.4, 0.5) is 0 Å². The highest BCUT2D eigenvalue weighted by atomic mass is 16.5. The topological polar surface area (TPSA) is 95.9 Å². The summed E-state index contributed by atoms with van der Waals surface area (Å²) < 4.78 is 5.82. The molecule has 0 aromatic carbocycles. The van der Waals surface area contributed by atoms with Gasteiger partial charge in [0.25, 0.3) is 0 Å². The minimum Gasteiger partial charge on any atom is -0.458 e. The first kappa shape index (κ1) is 62.3. The van der Waals surface area contributed by atoms with Crippen LogP contribution in [0.25, 0.3) is 0 Å².